The number of anilines is 1. The van der Waals surface area contributed by atoms with Crippen LogP contribution in [0.15, 0.2) is 42.5 Å². The summed E-state index contributed by atoms with van der Waals surface area (Å²) in [6, 6.07) is 13.2. The van der Waals surface area contributed by atoms with Crippen molar-refractivity contribution >= 4 is 34.8 Å². The highest BCUT2D eigenvalue weighted by Gasteiger charge is 2.42. The molecule has 0 bridgehead atoms. The first-order valence-corrected chi connectivity index (χ1v) is 13.0. The molecule has 0 atom stereocenters. The third kappa shape index (κ3) is 6.23. The van der Waals surface area contributed by atoms with E-state index in [0.29, 0.717) is 16.7 Å². The number of halogens is 2. The van der Waals surface area contributed by atoms with E-state index in [4.69, 9.17) is 27.9 Å². The van der Waals surface area contributed by atoms with Gasteiger partial charge in [0.15, 0.2) is 0 Å². The van der Waals surface area contributed by atoms with Crippen molar-refractivity contribution in [2.24, 2.45) is 0 Å². The molecule has 4 nitrogen and oxygen atoms in total. The molecule has 178 valence electrons. The Kier molecular flexibility index (Phi) is 8.56. The summed E-state index contributed by atoms with van der Waals surface area (Å²) in [6.45, 7) is 3.99. The lowest BCUT2D eigenvalue weighted by atomic mass is 9.68. The van der Waals surface area contributed by atoms with E-state index >= 15 is 0 Å². The molecule has 2 aliphatic rings. The van der Waals surface area contributed by atoms with Gasteiger partial charge in [0, 0.05) is 22.3 Å². The molecule has 1 amide bonds. The summed E-state index contributed by atoms with van der Waals surface area (Å²) in [7, 11) is 0. The van der Waals surface area contributed by atoms with Crippen molar-refractivity contribution in [2.45, 2.75) is 63.2 Å². The maximum Gasteiger partial charge on any atom is 0.235 e. The van der Waals surface area contributed by atoms with Crippen LogP contribution in [0.3, 0.4) is 0 Å². The van der Waals surface area contributed by atoms with Crippen LogP contribution in [-0.4, -0.2) is 37.0 Å². The van der Waals surface area contributed by atoms with Crippen LogP contribution in [0.5, 0.6) is 5.75 Å². The van der Waals surface area contributed by atoms with Gasteiger partial charge < -0.3 is 10.1 Å². The summed E-state index contributed by atoms with van der Waals surface area (Å²) in [5.41, 5.74) is 1.02. The smallest absolute Gasteiger partial charge is 0.235 e. The van der Waals surface area contributed by atoms with Crippen LogP contribution in [0.2, 0.25) is 10.0 Å². The van der Waals surface area contributed by atoms with Crippen molar-refractivity contribution in [3.63, 3.8) is 0 Å². The van der Waals surface area contributed by atoms with Gasteiger partial charge in [-0.3, -0.25) is 9.69 Å². The number of hydrogen-bond donors (Lipinski definition) is 1. The van der Waals surface area contributed by atoms with Crippen LogP contribution in [0.4, 0.5) is 5.69 Å². The largest absolute Gasteiger partial charge is 0.492 e. The Bertz CT molecular complexity index is 918. The van der Waals surface area contributed by atoms with E-state index in [1.54, 1.807) is 6.07 Å². The molecule has 1 aliphatic carbocycles. The van der Waals surface area contributed by atoms with Gasteiger partial charge in [0.25, 0.3) is 0 Å². The molecule has 33 heavy (non-hydrogen) atoms. The first-order valence-electron chi connectivity index (χ1n) is 12.3. The van der Waals surface area contributed by atoms with E-state index < -0.39 is 5.41 Å². The third-order valence-electron chi connectivity index (χ3n) is 7.08. The average Bonchev–Trinajstić information content (AvgIpc) is 3.09. The second kappa shape index (κ2) is 11.6. The lowest BCUT2D eigenvalue weighted by Crippen LogP contribution is -2.42. The third-order valence-corrected chi connectivity index (χ3v) is 7.62. The number of benzene rings is 2. The molecule has 0 spiro atoms. The Morgan fingerprint density at radius 2 is 1.58 bits per heavy atom. The van der Waals surface area contributed by atoms with Crippen LogP contribution < -0.4 is 10.1 Å². The number of nitrogens with one attached hydrogen (secondary N) is 1. The molecule has 2 fully saturated rings. The van der Waals surface area contributed by atoms with Gasteiger partial charge in [0.05, 0.1) is 5.41 Å². The zero-order valence-electron chi connectivity index (χ0n) is 19.3. The van der Waals surface area contributed by atoms with Crippen LogP contribution in [-0.2, 0) is 10.2 Å². The molecule has 4 rings (SSSR count). The van der Waals surface area contributed by atoms with Crippen molar-refractivity contribution in [1.82, 2.24) is 4.90 Å². The predicted molar refractivity (Wildman–Crippen MR) is 137 cm³/mol. The molecule has 1 aliphatic heterocycles. The molecule has 1 saturated heterocycles. The van der Waals surface area contributed by atoms with Gasteiger partial charge in [-0.15, -0.1) is 0 Å². The Morgan fingerprint density at radius 3 is 2.24 bits per heavy atom. The molecule has 6 heteroatoms. The minimum absolute atomic E-state index is 0.00116. The molecule has 0 radical (unpaired) electrons. The van der Waals surface area contributed by atoms with E-state index in [-0.39, 0.29) is 5.91 Å². The minimum atomic E-state index is -0.623. The highest BCUT2D eigenvalue weighted by atomic mass is 35.5. The van der Waals surface area contributed by atoms with Crippen LogP contribution in [0.25, 0.3) is 0 Å². The molecular formula is C27H34Cl2N2O2. The summed E-state index contributed by atoms with van der Waals surface area (Å²) in [4.78, 5) is 16.0. The number of ether oxygens (including phenoxy) is 1. The Hall–Kier alpha value is -1.75. The maximum absolute atomic E-state index is 13.5. The molecule has 0 aromatic heterocycles. The van der Waals surface area contributed by atoms with Gasteiger partial charge in [0.2, 0.25) is 5.91 Å². The van der Waals surface area contributed by atoms with E-state index in [1.165, 1.54) is 38.8 Å². The molecule has 2 aromatic carbocycles. The van der Waals surface area contributed by atoms with Crippen molar-refractivity contribution in [3.8, 4) is 5.75 Å². The number of carbonyl (C=O) groups is 1. The van der Waals surface area contributed by atoms with E-state index in [2.05, 4.69) is 10.2 Å². The number of likely N-dealkylation sites (tertiary alicyclic amines) is 1. The number of carbonyl (C=O) groups excluding carboxylic acids is 1. The first-order chi connectivity index (χ1) is 16.1. The quantitative estimate of drug-likeness (QED) is 0.452. The Labute approximate surface area is 207 Å². The summed E-state index contributed by atoms with van der Waals surface area (Å²) < 4.78 is 5.96. The Morgan fingerprint density at radius 1 is 0.909 bits per heavy atom. The fraction of sp³-hybridized carbons (Fsp3) is 0.519. The van der Waals surface area contributed by atoms with Gasteiger partial charge in [-0.05, 0) is 80.7 Å². The van der Waals surface area contributed by atoms with Crippen molar-refractivity contribution in [3.05, 3.63) is 58.1 Å². The second-order valence-corrected chi connectivity index (χ2v) is 10.2. The number of amides is 1. The zero-order chi connectivity index (χ0) is 23.1. The lowest BCUT2D eigenvalue weighted by molar-refractivity contribution is -0.122. The van der Waals surface area contributed by atoms with Gasteiger partial charge in [-0.2, -0.15) is 0 Å². The van der Waals surface area contributed by atoms with Gasteiger partial charge >= 0.3 is 0 Å². The number of rotatable bonds is 7. The topological polar surface area (TPSA) is 41.6 Å². The van der Waals surface area contributed by atoms with Crippen molar-refractivity contribution < 1.29 is 9.53 Å². The SMILES string of the molecule is O=C(Nc1ccc(OCCN2CCCCCC2)cc1)C1(c2ccc(Cl)cc2Cl)CCCCC1. The van der Waals surface area contributed by atoms with E-state index in [1.807, 2.05) is 36.4 Å². The van der Waals surface area contributed by atoms with Crippen LogP contribution >= 0.6 is 23.2 Å². The monoisotopic (exact) mass is 488 g/mol. The van der Waals surface area contributed by atoms with E-state index in [9.17, 15) is 4.79 Å². The minimum Gasteiger partial charge on any atom is -0.492 e. The molecule has 1 heterocycles. The van der Waals surface area contributed by atoms with Crippen molar-refractivity contribution in [1.29, 1.82) is 0 Å². The van der Waals surface area contributed by atoms with Crippen molar-refractivity contribution in [2.75, 3.05) is 31.6 Å². The van der Waals surface area contributed by atoms with Gasteiger partial charge in [0.1, 0.15) is 12.4 Å². The number of nitrogens with zero attached hydrogens (tertiary/aromatic N) is 1. The summed E-state index contributed by atoms with van der Waals surface area (Å²) in [5, 5.41) is 4.29. The fourth-order valence-electron chi connectivity index (χ4n) is 5.19. The lowest BCUT2D eigenvalue weighted by Gasteiger charge is -2.37. The molecule has 0 unspecified atom stereocenters. The standard InChI is InChI=1S/C27H34Cl2N2O2/c28-21-8-13-24(25(29)20-21)27(14-4-3-5-15-27)26(32)30-22-9-11-23(12-10-22)33-19-18-31-16-6-1-2-7-17-31/h8-13,20H,1-7,14-19H2,(H,30,32). The molecule has 1 saturated carbocycles. The number of hydrogen-bond acceptors (Lipinski definition) is 3. The summed E-state index contributed by atoms with van der Waals surface area (Å²) >= 11 is 12.7. The highest BCUT2D eigenvalue weighted by Crippen LogP contribution is 2.44. The maximum atomic E-state index is 13.5. The van der Waals surface area contributed by atoms with Crippen LogP contribution in [0, 0.1) is 0 Å². The molecular weight excluding hydrogens is 455 g/mol. The Balaban J connectivity index is 1.38. The second-order valence-electron chi connectivity index (χ2n) is 9.35. The van der Waals surface area contributed by atoms with E-state index in [0.717, 1.165) is 55.6 Å². The van der Waals surface area contributed by atoms with Gasteiger partial charge in [-0.25, -0.2) is 0 Å². The van der Waals surface area contributed by atoms with Crippen LogP contribution in [0.1, 0.15) is 63.4 Å². The summed E-state index contributed by atoms with van der Waals surface area (Å²) in [5.74, 6) is 0.831. The molecule has 1 N–H and O–H groups in total. The normalized spacial score (nSPS) is 19.0. The first kappa shape index (κ1) is 24.4. The average molecular weight is 489 g/mol. The molecule has 2 aromatic rings. The van der Waals surface area contributed by atoms with Gasteiger partial charge in [-0.1, -0.05) is 61.4 Å². The zero-order valence-corrected chi connectivity index (χ0v) is 20.8. The predicted octanol–water partition coefficient (Wildman–Crippen LogP) is 7.09. The highest BCUT2D eigenvalue weighted by molar-refractivity contribution is 6.35. The fourth-order valence-corrected chi connectivity index (χ4v) is 5.78. The summed E-state index contributed by atoms with van der Waals surface area (Å²) in [6.07, 6.45) is 10.0.